The highest BCUT2D eigenvalue weighted by molar-refractivity contribution is 5.79. The molecule has 4 heteroatoms. The van der Waals surface area contributed by atoms with Crippen molar-refractivity contribution < 1.29 is 4.79 Å². The van der Waals surface area contributed by atoms with Crippen molar-refractivity contribution in [1.82, 2.24) is 14.9 Å². The minimum atomic E-state index is 0.0999. The van der Waals surface area contributed by atoms with E-state index in [1.807, 2.05) is 18.2 Å². The Morgan fingerprint density at radius 2 is 1.91 bits per heavy atom. The summed E-state index contributed by atoms with van der Waals surface area (Å²) >= 11 is 0. The van der Waals surface area contributed by atoms with Gasteiger partial charge in [-0.05, 0) is 30.9 Å². The number of nitrogens with zero attached hydrogens (tertiary/aromatic N) is 2. The molecule has 0 aliphatic carbocycles. The Morgan fingerprint density at radius 3 is 2.55 bits per heavy atom. The number of hydrogen-bond acceptors (Lipinski definition) is 2. The second-order valence-corrected chi connectivity index (χ2v) is 6.25. The van der Waals surface area contributed by atoms with E-state index in [-0.39, 0.29) is 11.8 Å². The molecule has 4 nitrogen and oxygen atoms in total. The van der Waals surface area contributed by atoms with Gasteiger partial charge in [0.2, 0.25) is 5.91 Å². The highest BCUT2D eigenvalue weighted by Gasteiger charge is 2.16. The molecule has 1 aromatic carbocycles. The van der Waals surface area contributed by atoms with E-state index in [0.29, 0.717) is 12.5 Å². The third kappa shape index (κ3) is 3.67. The minimum Gasteiger partial charge on any atom is -0.349 e. The number of carbonyl (C=O) groups excluding carboxylic acids is 1. The maximum Gasteiger partial charge on any atom is 0.223 e. The van der Waals surface area contributed by atoms with Gasteiger partial charge >= 0.3 is 0 Å². The van der Waals surface area contributed by atoms with Gasteiger partial charge in [0.05, 0.1) is 17.6 Å². The van der Waals surface area contributed by atoms with Crippen LogP contribution in [0, 0.1) is 11.8 Å². The Bertz CT molecular complexity index is 626. The number of nitrogens with one attached hydrogen (secondary N) is 1. The Balaban J connectivity index is 2.21. The van der Waals surface area contributed by atoms with Crippen LogP contribution in [0.5, 0.6) is 0 Å². The molecule has 0 aliphatic heterocycles. The number of hydrogen-bond donors (Lipinski definition) is 1. The third-order valence-electron chi connectivity index (χ3n) is 4.06. The number of benzene rings is 1. The van der Waals surface area contributed by atoms with Crippen molar-refractivity contribution in [2.45, 2.75) is 53.6 Å². The molecule has 22 heavy (non-hydrogen) atoms. The second kappa shape index (κ2) is 7.43. The number of rotatable bonds is 7. The maximum atomic E-state index is 12.2. The van der Waals surface area contributed by atoms with Crippen molar-refractivity contribution in [3.8, 4) is 0 Å². The van der Waals surface area contributed by atoms with E-state index < -0.39 is 0 Å². The lowest BCUT2D eigenvalue weighted by molar-refractivity contribution is -0.125. The van der Waals surface area contributed by atoms with E-state index >= 15 is 0 Å². The zero-order valence-electron chi connectivity index (χ0n) is 14.1. The average Bonchev–Trinajstić information content (AvgIpc) is 2.84. The van der Waals surface area contributed by atoms with Crippen LogP contribution in [-0.4, -0.2) is 15.5 Å². The first-order valence-corrected chi connectivity index (χ1v) is 8.28. The molecule has 1 N–H and O–H groups in total. The van der Waals surface area contributed by atoms with Crippen LogP contribution >= 0.6 is 0 Å². The zero-order valence-corrected chi connectivity index (χ0v) is 14.1. The van der Waals surface area contributed by atoms with Gasteiger partial charge in [0, 0.05) is 12.5 Å². The molecule has 0 unspecified atom stereocenters. The number of carbonyl (C=O) groups is 1. The van der Waals surface area contributed by atoms with Crippen molar-refractivity contribution in [3.63, 3.8) is 0 Å². The van der Waals surface area contributed by atoms with Gasteiger partial charge in [-0.15, -0.1) is 0 Å². The van der Waals surface area contributed by atoms with Crippen LogP contribution in [-0.2, 0) is 17.9 Å². The Labute approximate surface area is 132 Å². The summed E-state index contributed by atoms with van der Waals surface area (Å²) in [5.41, 5.74) is 2.14. The summed E-state index contributed by atoms with van der Waals surface area (Å²) in [5.74, 6) is 1.70. The Morgan fingerprint density at radius 1 is 1.23 bits per heavy atom. The first-order chi connectivity index (χ1) is 10.6. The van der Waals surface area contributed by atoms with Gasteiger partial charge in [-0.25, -0.2) is 4.98 Å². The van der Waals surface area contributed by atoms with Gasteiger partial charge < -0.3 is 9.88 Å². The molecule has 2 aromatic rings. The molecule has 0 atom stereocenters. The molecule has 0 saturated heterocycles. The van der Waals surface area contributed by atoms with E-state index in [9.17, 15) is 4.79 Å². The summed E-state index contributed by atoms with van der Waals surface area (Å²) in [6.07, 6.45) is 1.76. The van der Waals surface area contributed by atoms with Crippen molar-refractivity contribution in [3.05, 3.63) is 30.1 Å². The van der Waals surface area contributed by atoms with Crippen LogP contribution in [0.4, 0.5) is 0 Å². The molecule has 2 rings (SSSR count). The molecule has 0 aliphatic rings. The van der Waals surface area contributed by atoms with Gasteiger partial charge in [0.25, 0.3) is 0 Å². The Hall–Kier alpha value is -1.84. The molecule has 1 heterocycles. The van der Waals surface area contributed by atoms with Crippen LogP contribution in [0.15, 0.2) is 24.3 Å². The van der Waals surface area contributed by atoms with E-state index in [1.165, 1.54) is 0 Å². The van der Waals surface area contributed by atoms with E-state index in [4.69, 9.17) is 4.98 Å². The smallest absolute Gasteiger partial charge is 0.223 e. The highest BCUT2D eigenvalue weighted by Crippen LogP contribution is 2.18. The normalized spacial score (nSPS) is 11.5. The number of imidazole rings is 1. The molecule has 0 spiro atoms. The average molecular weight is 301 g/mol. The lowest BCUT2D eigenvalue weighted by atomic mass is 10.0. The van der Waals surface area contributed by atoms with Crippen molar-refractivity contribution in [2.75, 3.05) is 0 Å². The predicted octanol–water partition coefficient (Wildman–Crippen LogP) is 3.74. The Kier molecular flexibility index (Phi) is 5.58. The molecule has 0 saturated carbocycles. The summed E-state index contributed by atoms with van der Waals surface area (Å²) in [7, 11) is 0. The van der Waals surface area contributed by atoms with Crippen LogP contribution in [0.3, 0.4) is 0 Å². The first kappa shape index (κ1) is 16.5. The highest BCUT2D eigenvalue weighted by atomic mass is 16.1. The molecule has 1 aromatic heterocycles. The molecular formula is C18H27N3O. The fourth-order valence-electron chi connectivity index (χ4n) is 2.80. The van der Waals surface area contributed by atoms with E-state index in [1.54, 1.807) is 0 Å². The van der Waals surface area contributed by atoms with Gasteiger partial charge in [-0.1, -0.05) is 39.8 Å². The largest absolute Gasteiger partial charge is 0.349 e. The predicted molar refractivity (Wildman–Crippen MR) is 90.5 cm³/mol. The van der Waals surface area contributed by atoms with Gasteiger partial charge in [-0.3, -0.25) is 4.79 Å². The van der Waals surface area contributed by atoms with Crippen LogP contribution < -0.4 is 5.32 Å². The summed E-state index contributed by atoms with van der Waals surface area (Å²) in [4.78, 5) is 16.9. The molecule has 120 valence electrons. The summed E-state index contributed by atoms with van der Waals surface area (Å²) < 4.78 is 2.23. The quantitative estimate of drug-likeness (QED) is 0.846. The monoisotopic (exact) mass is 301 g/mol. The molecule has 0 radical (unpaired) electrons. The standard InChI is InChI=1S/C18H27N3O/c1-5-14(6-2)18(22)19-11-17-20-15-9-7-8-10-16(15)21(17)12-13(3)4/h7-10,13-14H,5-6,11-12H2,1-4H3,(H,19,22). The zero-order chi connectivity index (χ0) is 16.1. The van der Waals surface area contributed by atoms with E-state index in [0.717, 1.165) is 36.2 Å². The number of amides is 1. The van der Waals surface area contributed by atoms with Crippen LogP contribution in [0.2, 0.25) is 0 Å². The molecule has 0 bridgehead atoms. The summed E-state index contributed by atoms with van der Waals surface area (Å²) in [6, 6.07) is 8.16. The molecule has 0 fully saturated rings. The minimum absolute atomic E-state index is 0.0999. The van der Waals surface area contributed by atoms with Crippen LogP contribution in [0.25, 0.3) is 11.0 Å². The van der Waals surface area contributed by atoms with Crippen molar-refractivity contribution in [1.29, 1.82) is 0 Å². The van der Waals surface area contributed by atoms with Crippen LogP contribution in [0.1, 0.15) is 46.4 Å². The fourth-order valence-corrected chi connectivity index (χ4v) is 2.80. The SMILES string of the molecule is CCC(CC)C(=O)NCc1nc2ccccc2n1CC(C)C. The van der Waals surface area contributed by atoms with Gasteiger partial charge in [0.1, 0.15) is 5.82 Å². The van der Waals surface area contributed by atoms with E-state index in [2.05, 4.69) is 43.6 Å². The van der Waals surface area contributed by atoms with Crippen molar-refractivity contribution in [2.24, 2.45) is 11.8 Å². The topological polar surface area (TPSA) is 46.9 Å². The second-order valence-electron chi connectivity index (χ2n) is 6.25. The maximum absolute atomic E-state index is 12.2. The van der Waals surface area contributed by atoms with Gasteiger partial charge in [-0.2, -0.15) is 0 Å². The lowest BCUT2D eigenvalue weighted by Crippen LogP contribution is -2.30. The number of fused-ring (bicyclic) bond motifs is 1. The first-order valence-electron chi connectivity index (χ1n) is 8.28. The van der Waals surface area contributed by atoms with Gasteiger partial charge in [0.15, 0.2) is 0 Å². The lowest BCUT2D eigenvalue weighted by Gasteiger charge is -2.15. The molecule has 1 amide bonds. The molecular weight excluding hydrogens is 274 g/mol. The summed E-state index contributed by atoms with van der Waals surface area (Å²) in [5, 5.41) is 3.05. The number of para-hydroxylation sites is 2. The fraction of sp³-hybridized carbons (Fsp3) is 0.556. The summed E-state index contributed by atoms with van der Waals surface area (Å²) in [6.45, 7) is 9.92. The number of aromatic nitrogens is 2. The van der Waals surface area contributed by atoms with Crippen molar-refractivity contribution >= 4 is 16.9 Å². The third-order valence-corrected chi connectivity index (χ3v) is 4.06.